The molecule has 0 bridgehead atoms. The number of methoxy groups -OCH3 is 1. The van der Waals surface area contributed by atoms with Crippen LogP contribution in [-0.4, -0.2) is 62.7 Å². The summed E-state index contributed by atoms with van der Waals surface area (Å²) in [4.78, 5) is 2.20. The molecule has 5 nitrogen and oxygen atoms in total. The van der Waals surface area contributed by atoms with Crippen molar-refractivity contribution >= 4 is 0 Å². The highest BCUT2D eigenvalue weighted by atomic mass is 16.5. The number of β-amino-alcohol motifs (C(OH)–C–C–N with tert-alkyl or cyclic N) is 1. The average molecular weight is 281 g/mol. The van der Waals surface area contributed by atoms with Crippen molar-refractivity contribution in [2.45, 2.75) is 12.7 Å². The molecule has 0 saturated carbocycles. The third-order valence-corrected chi connectivity index (χ3v) is 3.29. The van der Waals surface area contributed by atoms with Gasteiger partial charge in [0.1, 0.15) is 5.75 Å². The first-order valence-corrected chi connectivity index (χ1v) is 6.97. The van der Waals surface area contributed by atoms with E-state index in [2.05, 4.69) is 4.90 Å². The fourth-order valence-corrected chi connectivity index (χ4v) is 2.21. The van der Waals surface area contributed by atoms with Gasteiger partial charge in [-0.2, -0.15) is 0 Å². The summed E-state index contributed by atoms with van der Waals surface area (Å²) in [6.45, 7) is 4.72. The lowest BCUT2D eigenvalue weighted by atomic mass is 10.2. The van der Waals surface area contributed by atoms with Crippen molar-refractivity contribution in [3.63, 3.8) is 0 Å². The summed E-state index contributed by atoms with van der Waals surface area (Å²) in [5.41, 5.74) is 1.04. The Bertz CT molecular complexity index is 393. The second kappa shape index (κ2) is 8.21. The van der Waals surface area contributed by atoms with Gasteiger partial charge >= 0.3 is 0 Å². The number of ether oxygens (including phenoxy) is 3. The number of aliphatic hydroxyl groups is 1. The van der Waals surface area contributed by atoms with Gasteiger partial charge in [-0.05, 0) is 17.7 Å². The van der Waals surface area contributed by atoms with E-state index < -0.39 is 6.10 Å². The van der Waals surface area contributed by atoms with Crippen LogP contribution in [0.25, 0.3) is 0 Å². The second-order valence-corrected chi connectivity index (χ2v) is 4.93. The summed E-state index contributed by atoms with van der Waals surface area (Å²) in [6, 6.07) is 7.75. The van der Waals surface area contributed by atoms with Crippen LogP contribution in [0.3, 0.4) is 0 Å². The normalized spacial score (nSPS) is 17.9. The molecule has 0 aliphatic carbocycles. The van der Waals surface area contributed by atoms with E-state index in [-0.39, 0.29) is 0 Å². The van der Waals surface area contributed by atoms with Gasteiger partial charge in [-0.3, -0.25) is 4.90 Å². The number of nitrogens with zero attached hydrogens (tertiary/aromatic N) is 1. The molecular weight excluding hydrogens is 258 g/mol. The number of aliphatic hydroxyl groups excluding tert-OH is 1. The molecule has 1 aliphatic heterocycles. The molecule has 0 unspecified atom stereocenters. The Kier molecular flexibility index (Phi) is 6.26. The summed E-state index contributed by atoms with van der Waals surface area (Å²) in [5.74, 6) is 0.819. The maximum Gasteiger partial charge on any atom is 0.119 e. The maximum atomic E-state index is 9.95. The summed E-state index contributed by atoms with van der Waals surface area (Å²) < 4.78 is 16.0. The molecule has 0 radical (unpaired) electrons. The molecule has 1 aromatic carbocycles. The fraction of sp³-hybridized carbons (Fsp3) is 0.600. The lowest BCUT2D eigenvalue weighted by Crippen LogP contribution is -2.42. The molecular formula is C15H23NO4. The number of hydrogen-bond acceptors (Lipinski definition) is 5. The van der Waals surface area contributed by atoms with Gasteiger partial charge in [0.05, 0.1) is 39.6 Å². The van der Waals surface area contributed by atoms with Gasteiger partial charge in [-0.15, -0.1) is 0 Å². The summed E-state index contributed by atoms with van der Waals surface area (Å²) >= 11 is 0. The number of morpholine rings is 1. The van der Waals surface area contributed by atoms with Gasteiger partial charge in [-0.1, -0.05) is 12.1 Å². The molecule has 1 heterocycles. The maximum absolute atomic E-state index is 9.95. The highest BCUT2D eigenvalue weighted by Crippen LogP contribution is 2.13. The Morgan fingerprint density at radius 1 is 1.35 bits per heavy atom. The quantitative estimate of drug-likeness (QED) is 0.805. The van der Waals surface area contributed by atoms with Gasteiger partial charge in [0.2, 0.25) is 0 Å². The van der Waals surface area contributed by atoms with E-state index in [9.17, 15) is 5.11 Å². The Morgan fingerprint density at radius 2 is 2.15 bits per heavy atom. The lowest BCUT2D eigenvalue weighted by molar-refractivity contribution is -0.0175. The Hall–Kier alpha value is -1.14. The molecule has 1 aromatic rings. The van der Waals surface area contributed by atoms with E-state index in [1.807, 2.05) is 24.3 Å². The molecule has 20 heavy (non-hydrogen) atoms. The van der Waals surface area contributed by atoms with Crippen LogP contribution in [0, 0.1) is 0 Å². The highest BCUT2D eigenvalue weighted by Gasteiger charge is 2.14. The number of rotatable bonds is 7. The molecule has 112 valence electrons. The zero-order valence-corrected chi connectivity index (χ0v) is 12.0. The van der Waals surface area contributed by atoms with Gasteiger partial charge in [-0.25, -0.2) is 0 Å². The molecule has 5 heteroatoms. The van der Waals surface area contributed by atoms with Crippen LogP contribution in [0.4, 0.5) is 0 Å². The van der Waals surface area contributed by atoms with Crippen molar-refractivity contribution in [2.24, 2.45) is 0 Å². The Labute approximate surface area is 120 Å². The standard InChI is InChI=1S/C15H23NO4/c1-18-15-4-2-3-13(9-15)11-20-12-14(17)10-16-5-7-19-8-6-16/h2-4,9,14,17H,5-8,10-12H2,1H3/t14-/m0/s1. The van der Waals surface area contributed by atoms with Gasteiger partial charge in [0.25, 0.3) is 0 Å². The lowest BCUT2D eigenvalue weighted by Gasteiger charge is -2.28. The zero-order chi connectivity index (χ0) is 14.2. The summed E-state index contributed by atoms with van der Waals surface area (Å²) in [5, 5.41) is 9.95. The van der Waals surface area contributed by atoms with Crippen LogP contribution in [-0.2, 0) is 16.1 Å². The number of hydrogen-bond donors (Lipinski definition) is 1. The molecule has 1 fully saturated rings. The molecule has 0 amide bonds. The molecule has 1 atom stereocenters. The Morgan fingerprint density at radius 3 is 2.90 bits per heavy atom. The molecule has 0 aromatic heterocycles. The van der Waals surface area contributed by atoms with Crippen molar-refractivity contribution in [3.8, 4) is 5.75 Å². The summed E-state index contributed by atoms with van der Waals surface area (Å²) in [7, 11) is 1.64. The van der Waals surface area contributed by atoms with Crippen molar-refractivity contribution in [1.29, 1.82) is 0 Å². The minimum atomic E-state index is -0.460. The molecule has 1 N–H and O–H groups in total. The second-order valence-electron chi connectivity index (χ2n) is 4.93. The van der Waals surface area contributed by atoms with Gasteiger partial charge in [0.15, 0.2) is 0 Å². The van der Waals surface area contributed by atoms with Crippen LogP contribution < -0.4 is 4.74 Å². The van der Waals surface area contributed by atoms with Crippen molar-refractivity contribution in [1.82, 2.24) is 4.90 Å². The third-order valence-electron chi connectivity index (χ3n) is 3.29. The largest absolute Gasteiger partial charge is 0.497 e. The van der Waals surface area contributed by atoms with E-state index in [0.29, 0.717) is 19.8 Å². The van der Waals surface area contributed by atoms with Crippen molar-refractivity contribution in [3.05, 3.63) is 29.8 Å². The van der Waals surface area contributed by atoms with Gasteiger partial charge < -0.3 is 19.3 Å². The monoisotopic (exact) mass is 281 g/mol. The third kappa shape index (κ3) is 5.09. The van der Waals surface area contributed by atoms with E-state index in [1.54, 1.807) is 7.11 Å². The minimum Gasteiger partial charge on any atom is -0.497 e. The average Bonchev–Trinajstić information content (AvgIpc) is 2.48. The van der Waals surface area contributed by atoms with Crippen LogP contribution in [0.5, 0.6) is 5.75 Å². The topological polar surface area (TPSA) is 51.2 Å². The highest BCUT2D eigenvalue weighted by molar-refractivity contribution is 5.27. The fourth-order valence-electron chi connectivity index (χ4n) is 2.21. The molecule has 1 aliphatic rings. The van der Waals surface area contributed by atoms with E-state index in [0.717, 1.165) is 37.6 Å². The van der Waals surface area contributed by atoms with Crippen LogP contribution in [0.2, 0.25) is 0 Å². The Balaban J connectivity index is 1.66. The van der Waals surface area contributed by atoms with Gasteiger partial charge in [0, 0.05) is 19.6 Å². The van der Waals surface area contributed by atoms with E-state index in [4.69, 9.17) is 14.2 Å². The first-order chi connectivity index (χ1) is 9.78. The van der Waals surface area contributed by atoms with E-state index >= 15 is 0 Å². The SMILES string of the molecule is COc1cccc(COC[C@@H](O)CN2CCOCC2)c1. The van der Waals surface area contributed by atoms with Crippen LogP contribution in [0.15, 0.2) is 24.3 Å². The first kappa shape index (κ1) is 15.3. The van der Waals surface area contributed by atoms with Crippen molar-refractivity contribution in [2.75, 3.05) is 46.6 Å². The summed E-state index contributed by atoms with van der Waals surface area (Å²) in [6.07, 6.45) is -0.460. The smallest absolute Gasteiger partial charge is 0.119 e. The predicted octanol–water partition coefficient (Wildman–Crippen LogP) is 0.905. The molecule has 0 spiro atoms. The number of benzene rings is 1. The van der Waals surface area contributed by atoms with Crippen molar-refractivity contribution < 1.29 is 19.3 Å². The molecule has 1 saturated heterocycles. The minimum absolute atomic E-state index is 0.342. The van der Waals surface area contributed by atoms with Crippen LogP contribution in [0.1, 0.15) is 5.56 Å². The zero-order valence-electron chi connectivity index (χ0n) is 12.0. The van der Waals surface area contributed by atoms with Crippen LogP contribution >= 0.6 is 0 Å². The first-order valence-electron chi connectivity index (χ1n) is 6.97. The predicted molar refractivity (Wildman–Crippen MR) is 75.9 cm³/mol. The molecule has 2 rings (SSSR count). The van der Waals surface area contributed by atoms with E-state index in [1.165, 1.54) is 0 Å².